The zero-order valence-electron chi connectivity index (χ0n) is 14.2. The highest BCUT2D eigenvalue weighted by atomic mass is 28.4. The SMILES string of the molecule is C[C@@H](O[Si](C)(C)C(C)(C)C)C(O)C1(CO)CCCCC1. The smallest absolute Gasteiger partial charge is 0.192 e. The van der Waals surface area contributed by atoms with Crippen LogP contribution in [0.15, 0.2) is 0 Å². The molecule has 1 saturated carbocycles. The molecule has 0 aliphatic heterocycles. The van der Waals surface area contributed by atoms with Crippen LogP contribution >= 0.6 is 0 Å². The quantitative estimate of drug-likeness (QED) is 0.761. The molecule has 2 atom stereocenters. The lowest BCUT2D eigenvalue weighted by atomic mass is 9.69. The van der Waals surface area contributed by atoms with Gasteiger partial charge in [0.25, 0.3) is 0 Å². The average Bonchev–Trinajstić information content (AvgIpc) is 2.36. The second-order valence-electron chi connectivity index (χ2n) is 8.11. The summed E-state index contributed by atoms with van der Waals surface area (Å²) in [5, 5.41) is 20.7. The third-order valence-corrected chi connectivity index (χ3v) is 10.1. The molecular formula is C16H34O3Si. The molecule has 120 valence electrons. The summed E-state index contributed by atoms with van der Waals surface area (Å²) >= 11 is 0. The molecule has 1 aliphatic carbocycles. The first kappa shape index (κ1) is 18.1. The van der Waals surface area contributed by atoms with Gasteiger partial charge in [0, 0.05) is 5.41 Å². The molecule has 1 fully saturated rings. The van der Waals surface area contributed by atoms with E-state index in [0.717, 1.165) is 25.7 Å². The summed E-state index contributed by atoms with van der Waals surface area (Å²) < 4.78 is 6.32. The zero-order valence-corrected chi connectivity index (χ0v) is 15.2. The average molecular weight is 303 g/mol. The lowest BCUT2D eigenvalue weighted by molar-refractivity contribution is -0.0928. The number of hydrogen-bond acceptors (Lipinski definition) is 3. The van der Waals surface area contributed by atoms with Gasteiger partial charge < -0.3 is 14.6 Å². The van der Waals surface area contributed by atoms with Crippen LogP contribution in [-0.2, 0) is 4.43 Å². The minimum absolute atomic E-state index is 0.0688. The Morgan fingerprint density at radius 1 is 1.15 bits per heavy atom. The predicted molar refractivity (Wildman–Crippen MR) is 86.4 cm³/mol. The lowest BCUT2D eigenvalue weighted by Gasteiger charge is -2.45. The van der Waals surface area contributed by atoms with Crippen molar-refractivity contribution in [1.82, 2.24) is 0 Å². The molecule has 0 aromatic heterocycles. The third kappa shape index (κ3) is 3.84. The van der Waals surface area contributed by atoms with Crippen molar-refractivity contribution in [2.24, 2.45) is 5.41 Å². The molecule has 1 unspecified atom stereocenters. The van der Waals surface area contributed by atoms with E-state index in [2.05, 4.69) is 33.9 Å². The van der Waals surface area contributed by atoms with E-state index in [4.69, 9.17) is 4.43 Å². The lowest BCUT2D eigenvalue weighted by Crippen LogP contribution is -2.52. The van der Waals surface area contributed by atoms with Crippen molar-refractivity contribution in [2.75, 3.05) is 6.61 Å². The van der Waals surface area contributed by atoms with E-state index >= 15 is 0 Å². The van der Waals surface area contributed by atoms with E-state index in [1.54, 1.807) is 0 Å². The molecular weight excluding hydrogens is 268 g/mol. The van der Waals surface area contributed by atoms with Gasteiger partial charge in [0.2, 0.25) is 0 Å². The monoisotopic (exact) mass is 302 g/mol. The summed E-state index contributed by atoms with van der Waals surface area (Å²) in [6.07, 6.45) is 4.47. The first-order valence-electron chi connectivity index (χ1n) is 8.02. The Labute approximate surface area is 125 Å². The molecule has 1 aliphatic rings. The topological polar surface area (TPSA) is 49.7 Å². The number of rotatable bonds is 5. The normalized spacial score (nSPS) is 23.4. The van der Waals surface area contributed by atoms with E-state index in [-0.39, 0.29) is 23.2 Å². The van der Waals surface area contributed by atoms with E-state index < -0.39 is 14.4 Å². The summed E-state index contributed by atoms with van der Waals surface area (Å²) in [7, 11) is -1.88. The first-order chi connectivity index (χ1) is 9.06. The summed E-state index contributed by atoms with van der Waals surface area (Å²) in [4.78, 5) is 0. The standard InChI is InChI=1S/C16H34O3Si/c1-13(19-20(5,6)15(2,3)4)14(18)16(12-17)10-8-7-9-11-16/h13-14,17-18H,7-12H2,1-6H3/t13-,14?/m1/s1. The van der Waals surface area contributed by atoms with Gasteiger partial charge in [0.15, 0.2) is 8.32 Å². The first-order valence-corrected chi connectivity index (χ1v) is 10.9. The molecule has 4 heteroatoms. The molecule has 0 aromatic carbocycles. The van der Waals surface area contributed by atoms with E-state index in [9.17, 15) is 10.2 Å². The Morgan fingerprint density at radius 2 is 1.65 bits per heavy atom. The van der Waals surface area contributed by atoms with Crippen LogP contribution in [0.2, 0.25) is 18.1 Å². The minimum atomic E-state index is -1.88. The molecule has 3 nitrogen and oxygen atoms in total. The highest BCUT2D eigenvalue weighted by Gasteiger charge is 2.45. The van der Waals surface area contributed by atoms with E-state index in [0.29, 0.717) is 0 Å². The maximum absolute atomic E-state index is 10.8. The Hall–Kier alpha value is 0.0969. The van der Waals surface area contributed by atoms with Crippen molar-refractivity contribution < 1.29 is 14.6 Å². The van der Waals surface area contributed by atoms with Crippen molar-refractivity contribution >= 4 is 8.32 Å². The van der Waals surface area contributed by atoms with Crippen molar-refractivity contribution in [3.8, 4) is 0 Å². The van der Waals surface area contributed by atoms with Gasteiger partial charge in [-0.15, -0.1) is 0 Å². The highest BCUT2D eigenvalue weighted by molar-refractivity contribution is 6.74. The highest BCUT2D eigenvalue weighted by Crippen LogP contribution is 2.43. The van der Waals surface area contributed by atoms with Crippen molar-refractivity contribution in [3.63, 3.8) is 0 Å². The summed E-state index contributed by atoms with van der Waals surface area (Å²) in [6.45, 7) is 13.1. The molecule has 0 saturated heterocycles. The fourth-order valence-corrected chi connectivity index (χ4v) is 4.42. The van der Waals surface area contributed by atoms with Crippen LogP contribution in [0.4, 0.5) is 0 Å². The fourth-order valence-electron chi connectivity index (χ4n) is 3.01. The summed E-state index contributed by atoms with van der Waals surface area (Å²) in [5.41, 5.74) is -0.347. The number of hydrogen-bond donors (Lipinski definition) is 2. The fraction of sp³-hybridized carbons (Fsp3) is 1.00. The zero-order chi connectivity index (χ0) is 15.6. The van der Waals surface area contributed by atoms with Crippen LogP contribution in [0.25, 0.3) is 0 Å². The molecule has 1 rings (SSSR count). The molecule has 0 amide bonds. The van der Waals surface area contributed by atoms with Crippen LogP contribution in [0.1, 0.15) is 59.8 Å². The van der Waals surface area contributed by atoms with Gasteiger partial charge in [-0.2, -0.15) is 0 Å². The van der Waals surface area contributed by atoms with Gasteiger partial charge in [0.05, 0.1) is 18.8 Å². The Bertz CT molecular complexity index is 303. The second-order valence-corrected chi connectivity index (χ2v) is 12.9. The maximum Gasteiger partial charge on any atom is 0.192 e. The van der Waals surface area contributed by atoms with Crippen molar-refractivity contribution in [3.05, 3.63) is 0 Å². The molecule has 0 heterocycles. The van der Waals surface area contributed by atoms with Gasteiger partial charge in [-0.05, 0) is 37.9 Å². The van der Waals surface area contributed by atoms with E-state index in [1.807, 2.05) is 6.92 Å². The van der Waals surface area contributed by atoms with Crippen LogP contribution < -0.4 is 0 Å². The number of aliphatic hydroxyl groups excluding tert-OH is 2. The van der Waals surface area contributed by atoms with Crippen LogP contribution in [0.3, 0.4) is 0 Å². The Kier molecular flexibility index (Phi) is 5.87. The van der Waals surface area contributed by atoms with Crippen LogP contribution in [0.5, 0.6) is 0 Å². The summed E-state index contributed by atoms with van der Waals surface area (Å²) in [6, 6.07) is 0. The molecule has 0 radical (unpaired) electrons. The molecule has 2 N–H and O–H groups in total. The van der Waals surface area contributed by atoms with Gasteiger partial charge in [-0.25, -0.2) is 0 Å². The number of aliphatic hydroxyl groups is 2. The Morgan fingerprint density at radius 3 is 2.05 bits per heavy atom. The van der Waals surface area contributed by atoms with Crippen LogP contribution in [0, 0.1) is 5.41 Å². The van der Waals surface area contributed by atoms with Gasteiger partial charge in [-0.3, -0.25) is 0 Å². The molecule has 20 heavy (non-hydrogen) atoms. The van der Waals surface area contributed by atoms with Gasteiger partial charge in [-0.1, -0.05) is 40.0 Å². The van der Waals surface area contributed by atoms with Crippen LogP contribution in [-0.4, -0.2) is 37.3 Å². The third-order valence-electron chi connectivity index (χ3n) is 5.52. The maximum atomic E-state index is 10.8. The predicted octanol–water partition coefficient (Wildman–Crippen LogP) is 3.70. The summed E-state index contributed by atoms with van der Waals surface area (Å²) in [5.74, 6) is 0. The van der Waals surface area contributed by atoms with Crippen molar-refractivity contribution in [1.29, 1.82) is 0 Å². The van der Waals surface area contributed by atoms with Crippen molar-refractivity contribution in [2.45, 2.75) is 90.1 Å². The molecule has 0 spiro atoms. The molecule has 0 bridgehead atoms. The largest absolute Gasteiger partial charge is 0.412 e. The minimum Gasteiger partial charge on any atom is -0.412 e. The Balaban J connectivity index is 2.77. The molecule has 0 aromatic rings. The van der Waals surface area contributed by atoms with Gasteiger partial charge >= 0.3 is 0 Å². The van der Waals surface area contributed by atoms with E-state index in [1.165, 1.54) is 6.42 Å². The van der Waals surface area contributed by atoms with Gasteiger partial charge in [0.1, 0.15) is 0 Å². The second kappa shape index (κ2) is 6.47.